The molecule has 5 nitrogen and oxygen atoms in total. The van der Waals surface area contributed by atoms with E-state index in [1.165, 1.54) is 6.07 Å². The fraction of sp³-hybridized carbons (Fsp3) is 0.231. The minimum Gasteiger partial charge on any atom is -0.466 e. The van der Waals surface area contributed by atoms with Crippen molar-refractivity contribution in [3.63, 3.8) is 0 Å². The zero-order chi connectivity index (χ0) is 16.0. The Morgan fingerprint density at radius 3 is 2.43 bits per heavy atom. The molecule has 0 unspecified atom stereocenters. The van der Waals surface area contributed by atoms with Crippen LogP contribution in [0.15, 0.2) is 30.0 Å². The van der Waals surface area contributed by atoms with E-state index in [-0.39, 0.29) is 5.69 Å². The van der Waals surface area contributed by atoms with Crippen molar-refractivity contribution in [2.45, 2.75) is 6.43 Å². The van der Waals surface area contributed by atoms with Crippen molar-refractivity contribution >= 4 is 17.6 Å². The number of methoxy groups -OCH3 is 2. The largest absolute Gasteiger partial charge is 0.466 e. The number of alkyl halides is 2. The third-order valence-corrected chi connectivity index (χ3v) is 2.41. The Morgan fingerprint density at radius 1 is 1.24 bits per heavy atom. The summed E-state index contributed by atoms with van der Waals surface area (Å²) in [7, 11) is 2.11. The summed E-state index contributed by atoms with van der Waals surface area (Å²) in [5.41, 5.74) is -1.74. The van der Waals surface area contributed by atoms with E-state index in [9.17, 15) is 22.8 Å². The van der Waals surface area contributed by atoms with Gasteiger partial charge in [-0.2, -0.15) is 0 Å². The summed E-state index contributed by atoms with van der Waals surface area (Å²) in [5, 5.41) is 2.25. The number of carbonyl (C=O) groups excluding carboxylic acids is 2. The second-order valence-corrected chi connectivity index (χ2v) is 3.70. The van der Waals surface area contributed by atoms with Crippen LogP contribution >= 0.6 is 0 Å². The van der Waals surface area contributed by atoms with Gasteiger partial charge in [-0.05, 0) is 12.1 Å². The van der Waals surface area contributed by atoms with Crippen LogP contribution in [0.2, 0.25) is 0 Å². The van der Waals surface area contributed by atoms with Crippen molar-refractivity contribution in [3.8, 4) is 0 Å². The first-order valence-corrected chi connectivity index (χ1v) is 5.62. The van der Waals surface area contributed by atoms with E-state index >= 15 is 0 Å². The summed E-state index contributed by atoms with van der Waals surface area (Å²) >= 11 is 0. The highest BCUT2D eigenvalue weighted by Crippen LogP contribution is 2.30. The second kappa shape index (κ2) is 7.32. The van der Waals surface area contributed by atoms with Gasteiger partial charge in [-0.1, -0.05) is 6.07 Å². The number of esters is 2. The fourth-order valence-corrected chi connectivity index (χ4v) is 1.45. The number of rotatable bonds is 5. The van der Waals surface area contributed by atoms with Crippen LogP contribution in [0.25, 0.3) is 0 Å². The smallest absolute Gasteiger partial charge is 0.354 e. The predicted octanol–water partition coefficient (Wildman–Crippen LogP) is 2.41. The lowest BCUT2D eigenvalue weighted by Gasteiger charge is -2.13. The normalized spacial score (nSPS) is 11.2. The van der Waals surface area contributed by atoms with Crippen LogP contribution in [0.4, 0.5) is 18.9 Å². The molecule has 21 heavy (non-hydrogen) atoms. The minimum atomic E-state index is -3.11. The molecule has 0 atom stereocenters. The molecule has 1 aromatic carbocycles. The number of benzene rings is 1. The van der Waals surface area contributed by atoms with Gasteiger partial charge in [0.25, 0.3) is 6.43 Å². The van der Waals surface area contributed by atoms with Gasteiger partial charge >= 0.3 is 11.9 Å². The molecule has 0 saturated carbocycles. The van der Waals surface area contributed by atoms with E-state index in [1.54, 1.807) is 0 Å². The summed E-state index contributed by atoms with van der Waals surface area (Å²) in [6.45, 7) is 0. The molecule has 0 fully saturated rings. The van der Waals surface area contributed by atoms with Gasteiger partial charge in [0.2, 0.25) is 0 Å². The first-order chi connectivity index (χ1) is 9.90. The van der Waals surface area contributed by atoms with Gasteiger partial charge in [-0.15, -0.1) is 0 Å². The molecule has 1 rings (SSSR count). The van der Waals surface area contributed by atoms with Gasteiger partial charge < -0.3 is 14.8 Å². The van der Waals surface area contributed by atoms with E-state index in [1.807, 2.05) is 0 Å². The van der Waals surface area contributed by atoms with Crippen LogP contribution in [0, 0.1) is 5.82 Å². The maximum atomic E-state index is 13.4. The molecule has 0 saturated heterocycles. The third-order valence-electron chi connectivity index (χ3n) is 2.41. The number of hydrogen-bond donors (Lipinski definition) is 1. The average Bonchev–Trinajstić information content (AvgIpc) is 2.45. The zero-order valence-corrected chi connectivity index (χ0v) is 11.2. The van der Waals surface area contributed by atoms with Crippen molar-refractivity contribution in [3.05, 3.63) is 41.4 Å². The molecule has 1 aromatic rings. The molecule has 0 aliphatic heterocycles. The summed E-state index contributed by atoms with van der Waals surface area (Å²) in [6, 6.07) is 3.17. The number of anilines is 1. The highest BCUT2D eigenvalue weighted by molar-refractivity contribution is 5.98. The van der Waals surface area contributed by atoms with E-state index in [2.05, 4.69) is 14.8 Å². The summed E-state index contributed by atoms with van der Waals surface area (Å²) < 4.78 is 47.8. The molecule has 1 N–H and O–H groups in total. The molecule has 8 heteroatoms. The Morgan fingerprint density at radius 2 is 1.90 bits per heavy atom. The van der Waals surface area contributed by atoms with Crippen molar-refractivity contribution in [1.29, 1.82) is 0 Å². The maximum absolute atomic E-state index is 13.4. The Labute approximate surface area is 118 Å². The minimum absolute atomic E-state index is 0.356. The number of ether oxygens (including phenoxy) is 2. The van der Waals surface area contributed by atoms with Crippen LogP contribution in [-0.4, -0.2) is 26.2 Å². The SMILES string of the molecule is COC(=O)/C=C(/Nc1cccc(F)c1C(F)F)C(=O)OC. The molecule has 0 aromatic heterocycles. The highest BCUT2D eigenvalue weighted by atomic mass is 19.3. The summed E-state index contributed by atoms with van der Waals surface area (Å²) in [6.07, 6.45) is -2.39. The van der Waals surface area contributed by atoms with E-state index < -0.39 is 35.4 Å². The Hall–Kier alpha value is -2.51. The molecular formula is C13H12F3NO4. The number of nitrogens with one attached hydrogen (secondary N) is 1. The Kier molecular flexibility index (Phi) is 5.77. The lowest BCUT2D eigenvalue weighted by atomic mass is 10.1. The standard InChI is InChI=1S/C13H12F3NO4/c1-20-10(18)6-9(13(19)21-2)17-8-5-3-4-7(14)11(8)12(15)16/h3-6,12,17H,1-2H3/b9-6+. The van der Waals surface area contributed by atoms with E-state index in [4.69, 9.17) is 0 Å². The summed E-state index contributed by atoms with van der Waals surface area (Å²) in [4.78, 5) is 22.6. The molecular weight excluding hydrogens is 291 g/mol. The van der Waals surface area contributed by atoms with Crippen LogP contribution < -0.4 is 5.32 Å². The molecule has 114 valence electrons. The monoisotopic (exact) mass is 303 g/mol. The predicted molar refractivity (Wildman–Crippen MR) is 67.1 cm³/mol. The van der Waals surface area contributed by atoms with Crippen LogP contribution in [0.3, 0.4) is 0 Å². The second-order valence-electron chi connectivity index (χ2n) is 3.70. The van der Waals surface area contributed by atoms with Gasteiger partial charge in [-0.25, -0.2) is 22.8 Å². The fourth-order valence-electron chi connectivity index (χ4n) is 1.45. The quantitative estimate of drug-likeness (QED) is 0.668. The Balaban J connectivity index is 3.22. The van der Waals surface area contributed by atoms with Crippen molar-refractivity contribution < 1.29 is 32.2 Å². The number of halogens is 3. The van der Waals surface area contributed by atoms with Crippen molar-refractivity contribution in [1.82, 2.24) is 0 Å². The van der Waals surface area contributed by atoms with Crippen molar-refractivity contribution in [2.75, 3.05) is 19.5 Å². The van der Waals surface area contributed by atoms with Gasteiger partial charge in [0.15, 0.2) is 0 Å². The first-order valence-electron chi connectivity index (χ1n) is 5.62. The van der Waals surface area contributed by atoms with Gasteiger partial charge in [-0.3, -0.25) is 0 Å². The van der Waals surface area contributed by atoms with Crippen LogP contribution in [-0.2, 0) is 19.1 Å². The topological polar surface area (TPSA) is 64.6 Å². The molecule has 0 bridgehead atoms. The average molecular weight is 303 g/mol. The number of carbonyl (C=O) groups is 2. The molecule has 0 heterocycles. The first kappa shape index (κ1) is 16.5. The summed E-state index contributed by atoms with van der Waals surface area (Å²) in [5.74, 6) is -3.04. The highest BCUT2D eigenvalue weighted by Gasteiger charge is 2.21. The van der Waals surface area contributed by atoms with E-state index in [0.717, 1.165) is 26.4 Å². The van der Waals surface area contributed by atoms with Gasteiger partial charge in [0.05, 0.1) is 31.5 Å². The lowest BCUT2D eigenvalue weighted by molar-refractivity contribution is -0.138. The van der Waals surface area contributed by atoms with E-state index in [0.29, 0.717) is 6.08 Å². The van der Waals surface area contributed by atoms with Gasteiger partial charge in [0.1, 0.15) is 11.5 Å². The van der Waals surface area contributed by atoms with Crippen LogP contribution in [0.1, 0.15) is 12.0 Å². The zero-order valence-electron chi connectivity index (χ0n) is 11.2. The lowest BCUT2D eigenvalue weighted by Crippen LogP contribution is -2.16. The third kappa shape index (κ3) is 4.23. The molecule has 0 amide bonds. The molecule has 0 aliphatic rings. The van der Waals surface area contributed by atoms with Crippen molar-refractivity contribution in [2.24, 2.45) is 0 Å². The van der Waals surface area contributed by atoms with Crippen LogP contribution in [0.5, 0.6) is 0 Å². The number of hydrogen-bond acceptors (Lipinski definition) is 5. The molecule has 0 spiro atoms. The molecule has 0 aliphatic carbocycles. The van der Waals surface area contributed by atoms with Gasteiger partial charge in [0, 0.05) is 0 Å². The molecule has 0 radical (unpaired) electrons. The Bertz CT molecular complexity index is 573. The maximum Gasteiger partial charge on any atom is 0.354 e.